The zero-order valence-corrected chi connectivity index (χ0v) is 18.6. The molecule has 3 aromatic rings. The summed E-state index contributed by atoms with van der Waals surface area (Å²) in [7, 11) is 1.54. The second-order valence-electron chi connectivity index (χ2n) is 6.67. The summed E-state index contributed by atoms with van der Waals surface area (Å²) in [6, 6.07) is 6.91. The van der Waals surface area contributed by atoms with Crippen LogP contribution in [0.2, 0.25) is 0 Å². The first-order valence-electron chi connectivity index (χ1n) is 9.87. The lowest BCUT2D eigenvalue weighted by atomic mass is 10.3. The average Bonchev–Trinajstić information content (AvgIpc) is 3.20. The molecule has 0 unspecified atom stereocenters. The molecular weight excluding hydrogens is 418 g/mol. The van der Waals surface area contributed by atoms with Crippen LogP contribution in [0.25, 0.3) is 10.3 Å². The molecule has 10 heteroatoms. The molecule has 31 heavy (non-hydrogen) atoms. The van der Waals surface area contributed by atoms with Crippen molar-refractivity contribution in [2.75, 3.05) is 30.4 Å². The molecule has 2 aromatic heterocycles. The van der Waals surface area contributed by atoms with Crippen molar-refractivity contribution in [2.24, 2.45) is 0 Å². The molecule has 0 saturated carbocycles. The van der Waals surface area contributed by atoms with Crippen LogP contribution in [0.5, 0.6) is 5.75 Å². The number of amides is 1. The van der Waals surface area contributed by atoms with Crippen LogP contribution in [0, 0.1) is 0 Å². The molecule has 164 valence electrons. The van der Waals surface area contributed by atoms with Gasteiger partial charge in [0.05, 0.1) is 7.11 Å². The first-order valence-corrected chi connectivity index (χ1v) is 10.7. The molecule has 2 heterocycles. The normalized spacial score (nSPS) is 10.8. The van der Waals surface area contributed by atoms with Gasteiger partial charge in [-0.05, 0) is 26.0 Å². The molecular formula is C21H25N5O4S. The van der Waals surface area contributed by atoms with Gasteiger partial charge >= 0.3 is 5.69 Å². The van der Waals surface area contributed by atoms with Gasteiger partial charge in [0.1, 0.15) is 17.0 Å². The maximum Gasteiger partial charge on any atom is 0.333 e. The Balaban J connectivity index is 2.06. The number of thiazole rings is 1. The van der Waals surface area contributed by atoms with Crippen molar-refractivity contribution in [3.05, 3.63) is 57.8 Å². The van der Waals surface area contributed by atoms with Crippen molar-refractivity contribution in [1.29, 1.82) is 0 Å². The van der Waals surface area contributed by atoms with E-state index < -0.39 is 17.2 Å². The van der Waals surface area contributed by atoms with Crippen LogP contribution in [0.1, 0.15) is 13.8 Å². The zero-order chi connectivity index (χ0) is 22.5. The first-order chi connectivity index (χ1) is 14.9. The molecule has 1 N–H and O–H groups in total. The minimum atomic E-state index is -0.602. The largest absolute Gasteiger partial charge is 0.497 e. The van der Waals surface area contributed by atoms with E-state index in [4.69, 9.17) is 4.74 Å². The summed E-state index contributed by atoms with van der Waals surface area (Å²) in [6.07, 6.45) is 1.47. The van der Waals surface area contributed by atoms with E-state index in [1.54, 1.807) is 24.3 Å². The molecule has 0 atom stereocenters. The lowest BCUT2D eigenvalue weighted by Crippen LogP contribution is -2.41. The molecule has 1 aromatic carbocycles. The van der Waals surface area contributed by atoms with Crippen molar-refractivity contribution >= 4 is 38.4 Å². The number of benzene rings is 1. The maximum atomic E-state index is 13.0. The number of rotatable bonds is 9. The Bertz CT molecular complexity index is 1220. The number of nitrogens with one attached hydrogen (secondary N) is 1. The Hall–Kier alpha value is -3.40. The SMILES string of the molecule is C=CCn1c(=O)c2sc(N(CC)CC)nc2n(CC(=O)Nc2cccc(OC)c2)c1=O. The van der Waals surface area contributed by atoms with Gasteiger partial charge in [-0.2, -0.15) is 0 Å². The Morgan fingerprint density at radius 1 is 1.29 bits per heavy atom. The summed E-state index contributed by atoms with van der Waals surface area (Å²) in [5.41, 5.74) is -0.284. The number of anilines is 2. The van der Waals surface area contributed by atoms with Gasteiger partial charge in [0, 0.05) is 31.4 Å². The van der Waals surface area contributed by atoms with Crippen LogP contribution >= 0.6 is 11.3 Å². The molecule has 0 bridgehead atoms. The fourth-order valence-electron chi connectivity index (χ4n) is 3.18. The number of fused-ring (bicyclic) bond motifs is 1. The van der Waals surface area contributed by atoms with Gasteiger partial charge in [-0.15, -0.1) is 6.58 Å². The Morgan fingerprint density at radius 2 is 2.03 bits per heavy atom. The maximum absolute atomic E-state index is 13.0. The third-order valence-electron chi connectivity index (χ3n) is 4.76. The van der Waals surface area contributed by atoms with E-state index in [1.165, 1.54) is 29.1 Å². The Morgan fingerprint density at radius 3 is 2.68 bits per heavy atom. The van der Waals surface area contributed by atoms with Gasteiger partial charge in [0.15, 0.2) is 10.8 Å². The number of hydrogen-bond donors (Lipinski definition) is 1. The van der Waals surface area contributed by atoms with E-state index in [9.17, 15) is 14.4 Å². The fraction of sp³-hybridized carbons (Fsp3) is 0.333. The van der Waals surface area contributed by atoms with Crippen LogP contribution in [0.15, 0.2) is 46.5 Å². The van der Waals surface area contributed by atoms with Crippen LogP contribution in [0.4, 0.5) is 10.8 Å². The first kappa shape index (κ1) is 22.3. The number of ether oxygens (including phenoxy) is 1. The molecule has 0 aliphatic rings. The van der Waals surface area contributed by atoms with Crippen LogP contribution in [0.3, 0.4) is 0 Å². The predicted molar refractivity (Wildman–Crippen MR) is 124 cm³/mol. The minimum absolute atomic E-state index is 0.0453. The number of methoxy groups -OCH3 is 1. The van der Waals surface area contributed by atoms with E-state index in [-0.39, 0.29) is 18.7 Å². The van der Waals surface area contributed by atoms with Crippen molar-refractivity contribution in [2.45, 2.75) is 26.9 Å². The van der Waals surface area contributed by atoms with Crippen molar-refractivity contribution in [3.63, 3.8) is 0 Å². The number of carbonyl (C=O) groups is 1. The van der Waals surface area contributed by atoms with E-state index in [1.807, 2.05) is 18.7 Å². The second-order valence-corrected chi connectivity index (χ2v) is 7.65. The highest BCUT2D eigenvalue weighted by Gasteiger charge is 2.20. The van der Waals surface area contributed by atoms with Crippen LogP contribution < -0.4 is 26.2 Å². The van der Waals surface area contributed by atoms with Gasteiger partial charge in [-0.3, -0.25) is 18.7 Å². The molecule has 9 nitrogen and oxygen atoms in total. The smallest absolute Gasteiger partial charge is 0.333 e. The van der Waals surface area contributed by atoms with Crippen molar-refractivity contribution < 1.29 is 9.53 Å². The standard InChI is InChI=1S/C21H25N5O4S/c1-5-11-25-19(28)17-18(23-20(31-17)24(6-2)7-3)26(21(25)29)13-16(27)22-14-9-8-10-15(12-14)30-4/h5,8-10,12H,1,6-7,11,13H2,2-4H3,(H,22,27). The Kier molecular flexibility index (Phi) is 6.91. The number of carbonyl (C=O) groups excluding carboxylic acids is 1. The highest BCUT2D eigenvalue weighted by atomic mass is 32.1. The van der Waals surface area contributed by atoms with Gasteiger partial charge < -0.3 is 15.0 Å². The summed E-state index contributed by atoms with van der Waals surface area (Å²) < 4.78 is 7.80. The molecule has 3 rings (SSSR count). The molecule has 0 saturated heterocycles. The molecule has 0 spiro atoms. The molecule has 1 amide bonds. The quantitative estimate of drug-likeness (QED) is 0.510. The highest BCUT2D eigenvalue weighted by molar-refractivity contribution is 7.22. The van der Waals surface area contributed by atoms with Gasteiger partial charge in [0.25, 0.3) is 5.56 Å². The van der Waals surface area contributed by atoms with Crippen LogP contribution in [-0.4, -0.2) is 40.2 Å². The molecule has 0 aliphatic carbocycles. The molecule has 0 aliphatic heterocycles. The minimum Gasteiger partial charge on any atom is -0.497 e. The molecule has 0 radical (unpaired) electrons. The number of nitrogens with zero attached hydrogens (tertiary/aromatic N) is 4. The topological polar surface area (TPSA) is 98.5 Å². The third-order valence-corrected chi connectivity index (χ3v) is 5.85. The summed E-state index contributed by atoms with van der Waals surface area (Å²) in [5.74, 6) is 0.179. The Labute approximate surface area is 183 Å². The third kappa shape index (κ3) is 4.53. The lowest BCUT2D eigenvalue weighted by Gasteiger charge is -2.16. The van der Waals surface area contributed by atoms with Crippen LogP contribution in [-0.2, 0) is 17.9 Å². The van der Waals surface area contributed by atoms with Crippen molar-refractivity contribution in [3.8, 4) is 5.75 Å². The number of hydrogen-bond acceptors (Lipinski definition) is 7. The summed E-state index contributed by atoms with van der Waals surface area (Å²) in [6.45, 7) is 8.77. The predicted octanol–water partition coefficient (Wildman–Crippen LogP) is 2.30. The van der Waals surface area contributed by atoms with E-state index in [0.29, 0.717) is 34.4 Å². The summed E-state index contributed by atoms with van der Waals surface area (Å²) in [5, 5.41) is 3.39. The summed E-state index contributed by atoms with van der Waals surface area (Å²) >= 11 is 1.22. The fourth-order valence-corrected chi connectivity index (χ4v) is 4.32. The zero-order valence-electron chi connectivity index (χ0n) is 17.8. The number of allylic oxidation sites excluding steroid dienone is 1. The van der Waals surface area contributed by atoms with E-state index in [0.717, 1.165) is 4.57 Å². The van der Waals surface area contributed by atoms with Crippen molar-refractivity contribution in [1.82, 2.24) is 14.1 Å². The monoisotopic (exact) mass is 443 g/mol. The molecule has 0 fully saturated rings. The number of aromatic nitrogens is 3. The highest BCUT2D eigenvalue weighted by Crippen LogP contribution is 2.26. The lowest BCUT2D eigenvalue weighted by molar-refractivity contribution is -0.116. The average molecular weight is 444 g/mol. The van der Waals surface area contributed by atoms with Gasteiger partial charge in [0.2, 0.25) is 5.91 Å². The van der Waals surface area contributed by atoms with E-state index in [2.05, 4.69) is 16.9 Å². The van der Waals surface area contributed by atoms with E-state index >= 15 is 0 Å². The van der Waals surface area contributed by atoms with Gasteiger partial charge in [-0.1, -0.05) is 23.5 Å². The second kappa shape index (κ2) is 9.61. The summed E-state index contributed by atoms with van der Waals surface area (Å²) in [4.78, 5) is 45.2. The van der Waals surface area contributed by atoms with Gasteiger partial charge in [-0.25, -0.2) is 9.78 Å².